The molecule has 2 aromatic heterocycles. The number of furan rings is 1. The third-order valence-electron chi connectivity index (χ3n) is 2.98. The second-order valence-electron chi connectivity index (χ2n) is 4.86. The summed E-state index contributed by atoms with van der Waals surface area (Å²) >= 11 is 1.80. The number of nitrogens with zero attached hydrogens (tertiary/aromatic N) is 1. The standard InChI is InChI=1S/C16H23N3OS.HI/c1-3-9-17-16(18-10-8-14-5-4-11-20-14)19-12-15-7-6-13(2)21-15;/h4-7,11H,3,8-10,12H2,1-2H3,(H2,17,18,19);1H. The van der Waals surface area contributed by atoms with E-state index in [0.29, 0.717) is 0 Å². The third-order valence-corrected chi connectivity index (χ3v) is 3.96. The van der Waals surface area contributed by atoms with Gasteiger partial charge in [-0.25, -0.2) is 4.99 Å². The lowest BCUT2D eigenvalue weighted by atomic mass is 10.3. The molecule has 0 radical (unpaired) electrons. The van der Waals surface area contributed by atoms with E-state index in [1.165, 1.54) is 9.75 Å². The average Bonchev–Trinajstić information content (AvgIpc) is 3.13. The Labute approximate surface area is 153 Å². The molecule has 0 spiro atoms. The van der Waals surface area contributed by atoms with Gasteiger partial charge in [0.2, 0.25) is 0 Å². The molecule has 22 heavy (non-hydrogen) atoms. The van der Waals surface area contributed by atoms with E-state index in [2.05, 4.69) is 41.6 Å². The molecule has 2 aromatic rings. The van der Waals surface area contributed by atoms with E-state index in [9.17, 15) is 0 Å². The first-order chi connectivity index (χ1) is 10.3. The summed E-state index contributed by atoms with van der Waals surface area (Å²) in [5.74, 6) is 1.86. The highest BCUT2D eigenvalue weighted by molar-refractivity contribution is 14.0. The van der Waals surface area contributed by atoms with Crippen LogP contribution in [0.5, 0.6) is 0 Å². The Bertz CT molecular complexity index is 552. The van der Waals surface area contributed by atoms with Crippen molar-refractivity contribution in [1.29, 1.82) is 0 Å². The largest absolute Gasteiger partial charge is 0.469 e. The maximum absolute atomic E-state index is 5.33. The molecule has 0 saturated heterocycles. The van der Waals surface area contributed by atoms with E-state index in [4.69, 9.17) is 4.42 Å². The molecular formula is C16H24IN3OS. The van der Waals surface area contributed by atoms with Crippen molar-refractivity contribution in [2.24, 2.45) is 4.99 Å². The van der Waals surface area contributed by atoms with Crippen molar-refractivity contribution in [1.82, 2.24) is 10.6 Å². The number of thiophene rings is 1. The van der Waals surface area contributed by atoms with Crippen LogP contribution in [0.2, 0.25) is 0 Å². The summed E-state index contributed by atoms with van der Waals surface area (Å²) in [5, 5.41) is 6.69. The third kappa shape index (κ3) is 6.83. The van der Waals surface area contributed by atoms with Gasteiger partial charge in [-0.1, -0.05) is 6.92 Å². The molecule has 2 rings (SSSR count). The minimum Gasteiger partial charge on any atom is -0.469 e. The smallest absolute Gasteiger partial charge is 0.191 e. The minimum absolute atomic E-state index is 0. The summed E-state index contributed by atoms with van der Waals surface area (Å²) in [5.41, 5.74) is 0. The van der Waals surface area contributed by atoms with E-state index >= 15 is 0 Å². The van der Waals surface area contributed by atoms with Crippen LogP contribution >= 0.6 is 35.3 Å². The Morgan fingerprint density at radius 3 is 2.68 bits per heavy atom. The molecule has 0 aliphatic carbocycles. The Balaban J connectivity index is 0.00000242. The summed E-state index contributed by atoms with van der Waals surface area (Å²) in [4.78, 5) is 7.25. The van der Waals surface area contributed by atoms with Gasteiger partial charge in [-0.2, -0.15) is 0 Å². The molecule has 0 atom stereocenters. The molecule has 4 nitrogen and oxygen atoms in total. The number of aryl methyl sites for hydroxylation is 1. The normalized spacial score (nSPS) is 11.1. The van der Waals surface area contributed by atoms with Crippen molar-refractivity contribution >= 4 is 41.3 Å². The van der Waals surface area contributed by atoms with E-state index in [1.54, 1.807) is 17.6 Å². The molecular weight excluding hydrogens is 409 g/mol. The van der Waals surface area contributed by atoms with Crippen molar-refractivity contribution < 1.29 is 4.42 Å². The molecule has 122 valence electrons. The van der Waals surface area contributed by atoms with Crippen molar-refractivity contribution in [2.45, 2.75) is 33.2 Å². The van der Waals surface area contributed by atoms with Crippen LogP contribution in [0.25, 0.3) is 0 Å². The van der Waals surface area contributed by atoms with Gasteiger partial charge in [0.25, 0.3) is 0 Å². The van der Waals surface area contributed by atoms with Crippen LogP contribution in [0.15, 0.2) is 39.9 Å². The Hall–Kier alpha value is -1.02. The molecule has 0 aliphatic rings. The van der Waals surface area contributed by atoms with Crippen molar-refractivity contribution in [2.75, 3.05) is 13.1 Å². The molecule has 0 aromatic carbocycles. The van der Waals surface area contributed by atoms with E-state index in [-0.39, 0.29) is 24.0 Å². The van der Waals surface area contributed by atoms with Crippen LogP contribution in [0.4, 0.5) is 0 Å². The highest BCUT2D eigenvalue weighted by Crippen LogP contribution is 2.15. The Morgan fingerprint density at radius 2 is 2.05 bits per heavy atom. The molecule has 0 aliphatic heterocycles. The van der Waals surface area contributed by atoms with Gasteiger partial charge in [0.1, 0.15) is 5.76 Å². The maximum Gasteiger partial charge on any atom is 0.191 e. The van der Waals surface area contributed by atoms with Crippen LogP contribution in [0, 0.1) is 6.92 Å². The second kappa shape index (κ2) is 10.7. The first kappa shape index (κ1) is 19.0. The van der Waals surface area contributed by atoms with Crippen LogP contribution in [0.3, 0.4) is 0 Å². The number of guanidine groups is 1. The van der Waals surface area contributed by atoms with E-state index in [1.807, 2.05) is 12.1 Å². The van der Waals surface area contributed by atoms with Crippen LogP contribution < -0.4 is 10.6 Å². The molecule has 0 amide bonds. The van der Waals surface area contributed by atoms with Gasteiger partial charge in [0.15, 0.2) is 5.96 Å². The number of hydrogen-bond acceptors (Lipinski definition) is 3. The number of aliphatic imine (C=N–C) groups is 1. The number of nitrogens with one attached hydrogen (secondary N) is 2. The Kier molecular flexibility index (Phi) is 9.22. The van der Waals surface area contributed by atoms with Crippen molar-refractivity contribution in [3.8, 4) is 0 Å². The molecule has 0 saturated carbocycles. The van der Waals surface area contributed by atoms with Crippen LogP contribution in [0.1, 0.15) is 28.9 Å². The summed E-state index contributed by atoms with van der Waals surface area (Å²) in [6.45, 7) is 6.73. The molecule has 0 unspecified atom stereocenters. The molecule has 2 N–H and O–H groups in total. The van der Waals surface area contributed by atoms with Gasteiger partial charge in [-0.15, -0.1) is 35.3 Å². The average molecular weight is 433 g/mol. The Morgan fingerprint density at radius 1 is 1.23 bits per heavy atom. The van der Waals surface area contributed by atoms with Gasteiger partial charge in [-0.3, -0.25) is 0 Å². The number of halogens is 1. The molecule has 0 bridgehead atoms. The van der Waals surface area contributed by atoms with Gasteiger partial charge >= 0.3 is 0 Å². The molecule has 0 fully saturated rings. The summed E-state index contributed by atoms with van der Waals surface area (Å²) in [6, 6.07) is 8.19. The van der Waals surface area contributed by atoms with Crippen LogP contribution in [-0.4, -0.2) is 19.0 Å². The quantitative estimate of drug-likeness (QED) is 0.395. The summed E-state index contributed by atoms with van der Waals surface area (Å²) in [7, 11) is 0. The SMILES string of the molecule is CCCNC(=NCc1ccc(C)s1)NCCc1ccco1.I. The fourth-order valence-electron chi connectivity index (χ4n) is 1.90. The topological polar surface area (TPSA) is 49.6 Å². The van der Waals surface area contributed by atoms with Crippen molar-refractivity contribution in [3.63, 3.8) is 0 Å². The number of hydrogen-bond donors (Lipinski definition) is 2. The molecule has 2 heterocycles. The van der Waals surface area contributed by atoms with Gasteiger partial charge in [-0.05, 0) is 37.6 Å². The number of rotatable bonds is 7. The predicted molar refractivity (Wildman–Crippen MR) is 104 cm³/mol. The van der Waals surface area contributed by atoms with Crippen molar-refractivity contribution in [3.05, 3.63) is 46.0 Å². The van der Waals surface area contributed by atoms with Gasteiger partial charge in [0, 0.05) is 29.3 Å². The highest BCUT2D eigenvalue weighted by atomic mass is 127. The zero-order valence-corrected chi connectivity index (χ0v) is 16.2. The lowest BCUT2D eigenvalue weighted by molar-refractivity contribution is 0.506. The minimum atomic E-state index is 0. The first-order valence-electron chi connectivity index (χ1n) is 7.38. The summed E-state index contributed by atoms with van der Waals surface area (Å²) in [6.07, 6.45) is 3.65. The fourth-order valence-corrected chi connectivity index (χ4v) is 2.72. The zero-order chi connectivity index (χ0) is 14.9. The van der Waals surface area contributed by atoms with Crippen LogP contribution in [-0.2, 0) is 13.0 Å². The highest BCUT2D eigenvalue weighted by Gasteiger charge is 2.01. The van der Waals surface area contributed by atoms with Gasteiger partial charge in [0.05, 0.1) is 12.8 Å². The second-order valence-corrected chi connectivity index (χ2v) is 6.23. The van der Waals surface area contributed by atoms with E-state index < -0.39 is 0 Å². The van der Waals surface area contributed by atoms with Gasteiger partial charge < -0.3 is 15.1 Å². The predicted octanol–water partition coefficient (Wildman–Crippen LogP) is 3.96. The maximum atomic E-state index is 5.33. The first-order valence-corrected chi connectivity index (χ1v) is 8.19. The zero-order valence-electron chi connectivity index (χ0n) is 13.1. The molecule has 6 heteroatoms. The fraction of sp³-hybridized carbons (Fsp3) is 0.438. The van der Waals surface area contributed by atoms with E-state index in [0.717, 1.165) is 44.2 Å². The lowest BCUT2D eigenvalue weighted by Gasteiger charge is -2.11. The lowest BCUT2D eigenvalue weighted by Crippen LogP contribution is -2.38. The monoisotopic (exact) mass is 433 g/mol. The summed E-state index contributed by atoms with van der Waals surface area (Å²) < 4.78 is 5.33.